The summed E-state index contributed by atoms with van der Waals surface area (Å²) in [5, 5.41) is 8.97. The number of benzene rings is 4. The molecule has 0 aliphatic heterocycles. The molecule has 0 fully saturated rings. The van der Waals surface area contributed by atoms with Gasteiger partial charge in [-0.2, -0.15) is 0 Å². The number of hydrogen-bond acceptors (Lipinski definition) is 7. The Kier molecular flexibility index (Phi) is 17.3. The Labute approximate surface area is 311 Å². The van der Waals surface area contributed by atoms with Gasteiger partial charge in [0, 0.05) is 6.54 Å². The van der Waals surface area contributed by atoms with Crippen molar-refractivity contribution in [3.8, 4) is 34.5 Å². The van der Waals surface area contributed by atoms with Crippen LogP contribution in [0.25, 0.3) is 32.3 Å². The second-order valence-corrected chi connectivity index (χ2v) is 13.5. The first-order valence-electron chi connectivity index (χ1n) is 20.1. The summed E-state index contributed by atoms with van der Waals surface area (Å²) >= 11 is 0. The summed E-state index contributed by atoms with van der Waals surface area (Å²) in [7, 11) is 0. The van der Waals surface area contributed by atoms with E-state index in [0.29, 0.717) is 51.1 Å². The fourth-order valence-electron chi connectivity index (χ4n) is 5.92. The number of nitrogens with one attached hydrogen (secondary N) is 1. The van der Waals surface area contributed by atoms with E-state index < -0.39 is 0 Å². The number of hydrogen-bond donors (Lipinski definition) is 1. The van der Waals surface area contributed by atoms with E-state index in [-0.39, 0.29) is 12.5 Å². The molecule has 0 aliphatic rings. The first-order valence-corrected chi connectivity index (χ1v) is 20.1. The molecule has 52 heavy (non-hydrogen) atoms. The van der Waals surface area contributed by atoms with E-state index >= 15 is 0 Å². The lowest BCUT2D eigenvalue weighted by molar-refractivity contribution is -0.123. The second-order valence-electron chi connectivity index (χ2n) is 13.5. The van der Waals surface area contributed by atoms with Gasteiger partial charge in [-0.3, -0.25) is 4.79 Å². The molecular formula is C44H63NO7. The lowest BCUT2D eigenvalue weighted by atomic mass is 9.93. The Hall–Kier alpha value is -4.07. The van der Waals surface area contributed by atoms with Crippen molar-refractivity contribution in [2.24, 2.45) is 0 Å². The standard InChI is InChI=1S/C44H63NO7/c1-7-13-19-45-44(46)31-52-43-30-37-35-28-41(50-23-17-11-5)39(48-21-15-9-3)26-33(35)32-25-38(47-20-14-8-2)40(49-22-16-10-4)27-34(32)36(37)29-42(43)51-24-18-12-6/h25-30H,7-24,31H2,1-6H3,(H,45,46). The summed E-state index contributed by atoms with van der Waals surface area (Å²) < 4.78 is 38.3. The van der Waals surface area contributed by atoms with Crippen molar-refractivity contribution in [3.05, 3.63) is 36.4 Å². The number of unbranched alkanes of at least 4 members (excludes halogenated alkanes) is 6. The van der Waals surface area contributed by atoms with Crippen LogP contribution in [0.1, 0.15) is 119 Å². The fourth-order valence-corrected chi connectivity index (χ4v) is 5.92. The van der Waals surface area contributed by atoms with Gasteiger partial charge in [0.25, 0.3) is 5.91 Å². The lowest BCUT2D eigenvalue weighted by Crippen LogP contribution is -2.29. The summed E-state index contributed by atoms with van der Waals surface area (Å²) in [5.74, 6) is 3.91. The van der Waals surface area contributed by atoms with Crippen molar-refractivity contribution < 1.29 is 33.2 Å². The molecule has 0 saturated heterocycles. The van der Waals surface area contributed by atoms with Crippen molar-refractivity contribution in [1.82, 2.24) is 5.32 Å². The van der Waals surface area contributed by atoms with Gasteiger partial charge in [0.2, 0.25) is 0 Å². The SMILES string of the molecule is CCCCNC(=O)COc1cc2c3cc(OCCCC)c(OCCCC)cc3c3cc(OCCCC)c(OCCCC)cc3c2cc1OCCCC. The summed E-state index contributed by atoms with van der Waals surface area (Å²) in [5.41, 5.74) is 0. The van der Waals surface area contributed by atoms with Gasteiger partial charge in [-0.1, -0.05) is 80.1 Å². The van der Waals surface area contributed by atoms with Gasteiger partial charge in [0.05, 0.1) is 33.0 Å². The molecule has 0 saturated carbocycles. The largest absolute Gasteiger partial charge is 0.490 e. The van der Waals surface area contributed by atoms with Crippen LogP contribution in [-0.2, 0) is 4.79 Å². The third-order valence-corrected chi connectivity index (χ3v) is 9.11. The molecule has 0 bridgehead atoms. The Morgan fingerprint density at radius 1 is 0.404 bits per heavy atom. The molecule has 0 radical (unpaired) electrons. The van der Waals surface area contributed by atoms with Crippen molar-refractivity contribution in [2.75, 3.05) is 46.2 Å². The van der Waals surface area contributed by atoms with Crippen LogP contribution in [0.2, 0.25) is 0 Å². The van der Waals surface area contributed by atoms with Gasteiger partial charge in [-0.05, 0) is 107 Å². The number of ether oxygens (including phenoxy) is 6. The molecule has 8 nitrogen and oxygen atoms in total. The van der Waals surface area contributed by atoms with Crippen LogP contribution in [0.3, 0.4) is 0 Å². The lowest BCUT2D eigenvalue weighted by Gasteiger charge is -2.20. The highest BCUT2D eigenvalue weighted by Crippen LogP contribution is 2.47. The number of rotatable bonds is 26. The molecule has 0 heterocycles. The van der Waals surface area contributed by atoms with Crippen LogP contribution in [0.15, 0.2) is 36.4 Å². The van der Waals surface area contributed by atoms with Gasteiger partial charge in [-0.15, -0.1) is 0 Å². The molecule has 8 heteroatoms. The molecule has 1 amide bonds. The zero-order valence-electron chi connectivity index (χ0n) is 32.8. The van der Waals surface area contributed by atoms with Crippen molar-refractivity contribution in [2.45, 2.75) is 119 Å². The monoisotopic (exact) mass is 717 g/mol. The molecule has 0 aromatic heterocycles. The molecular weight excluding hydrogens is 654 g/mol. The minimum atomic E-state index is -0.152. The van der Waals surface area contributed by atoms with Crippen LogP contribution < -0.4 is 33.7 Å². The number of carbonyl (C=O) groups is 1. The van der Waals surface area contributed by atoms with Crippen LogP contribution in [0.4, 0.5) is 0 Å². The minimum absolute atomic E-state index is 0.0977. The normalized spacial score (nSPS) is 11.3. The van der Waals surface area contributed by atoms with Crippen molar-refractivity contribution >= 4 is 38.2 Å². The van der Waals surface area contributed by atoms with E-state index in [0.717, 1.165) is 132 Å². The van der Waals surface area contributed by atoms with E-state index in [1.165, 1.54) is 0 Å². The topological polar surface area (TPSA) is 84.5 Å². The maximum absolute atomic E-state index is 12.8. The second kappa shape index (κ2) is 22.1. The van der Waals surface area contributed by atoms with Crippen LogP contribution in [0, 0.1) is 0 Å². The summed E-state index contributed by atoms with van der Waals surface area (Å²) in [6, 6.07) is 12.6. The molecule has 1 N–H and O–H groups in total. The Morgan fingerprint density at radius 3 is 0.904 bits per heavy atom. The predicted molar refractivity (Wildman–Crippen MR) is 214 cm³/mol. The van der Waals surface area contributed by atoms with Gasteiger partial charge in [-0.25, -0.2) is 0 Å². The van der Waals surface area contributed by atoms with Crippen LogP contribution in [0.5, 0.6) is 34.5 Å². The number of amides is 1. The molecule has 0 atom stereocenters. The molecule has 4 rings (SSSR count). The Morgan fingerprint density at radius 2 is 0.654 bits per heavy atom. The van der Waals surface area contributed by atoms with Gasteiger partial charge >= 0.3 is 0 Å². The zero-order chi connectivity index (χ0) is 37.1. The van der Waals surface area contributed by atoms with Gasteiger partial charge in [0.1, 0.15) is 0 Å². The Bertz CT molecular complexity index is 1660. The number of fused-ring (bicyclic) bond motifs is 6. The zero-order valence-corrected chi connectivity index (χ0v) is 32.8. The summed E-state index contributed by atoms with van der Waals surface area (Å²) in [6.07, 6.45) is 11.8. The fraction of sp³-hybridized carbons (Fsp3) is 0.568. The smallest absolute Gasteiger partial charge is 0.257 e. The third kappa shape index (κ3) is 11.2. The van der Waals surface area contributed by atoms with E-state index in [9.17, 15) is 4.79 Å². The highest BCUT2D eigenvalue weighted by atomic mass is 16.5. The third-order valence-electron chi connectivity index (χ3n) is 9.11. The molecule has 0 unspecified atom stereocenters. The average molecular weight is 718 g/mol. The summed E-state index contributed by atoms with van der Waals surface area (Å²) in [4.78, 5) is 12.8. The summed E-state index contributed by atoms with van der Waals surface area (Å²) in [6.45, 7) is 16.4. The quantitative estimate of drug-likeness (QED) is 0.0511. The molecule has 286 valence electrons. The highest BCUT2D eigenvalue weighted by Gasteiger charge is 2.21. The van der Waals surface area contributed by atoms with Crippen LogP contribution >= 0.6 is 0 Å². The number of carbonyl (C=O) groups excluding carboxylic acids is 1. The highest BCUT2D eigenvalue weighted by molar-refractivity contribution is 6.26. The van der Waals surface area contributed by atoms with Crippen molar-refractivity contribution in [1.29, 1.82) is 0 Å². The molecule has 4 aromatic carbocycles. The van der Waals surface area contributed by atoms with E-state index in [4.69, 9.17) is 28.4 Å². The molecule has 0 spiro atoms. The minimum Gasteiger partial charge on any atom is -0.490 e. The molecule has 4 aromatic rings. The van der Waals surface area contributed by atoms with E-state index in [1.54, 1.807) is 0 Å². The van der Waals surface area contributed by atoms with Gasteiger partial charge < -0.3 is 33.7 Å². The molecule has 0 aliphatic carbocycles. The predicted octanol–water partition coefficient (Wildman–Crippen LogP) is 11.3. The average Bonchev–Trinajstić information content (AvgIpc) is 3.15. The van der Waals surface area contributed by atoms with Gasteiger partial charge in [0.15, 0.2) is 41.1 Å². The van der Waals surface area contributed by atoms with Crippen molar-refractivity contribution in [3.63, 3.8) is 0 Å². The first kappa shape index (κ1) is 40.7. The maximum Gasteiger partial charge on any atom is 0.257 e. The maximum atomic E-state index is 12.8. The van der Waals surface area contributed by atoms with E-state index in [2.05, 4.69) is 77.2 Å². The van der Waals surface area contributed by atoms with Crippen LogP contribution in [-0.4, -0.2) is 52.1 Å². The first-order chi connectivity index (χ1) is 25.5. The Balaban J connectivity index is 2.01. The van der Waals surface area contributed by atoms with E-state index in [1.807, 2.05) is 6.07 Å².